The lowest BCUT2D eigenvalue weighted by Crippen LogP contribution is -2.25. The smallest absolute Gasteiger partial charge is 0.227 e. The van der Waals surface area contributed by atoms with E-state index in [-0.39, 0.29) is 17.9 Å². The molecule has 0 saturated carbocycles. The monoisotopic (exact) mass is 383 g/mol. The number of halogens is 1. The zero-order chi connectivity index (χ0) is 19.1. The number of imidazole rings is 1. The number of ether oxygens (including phenoxy) is 1. The summed E-state index contributed by atoms with van der Waals surface area (Å²) in [5, 5.41) is 0.580. The molecule has 6 heteroatoms. The number of hydrogen-bond acceptors (Lipinski definition) is 3. The van der Waals surface area contributed by atoms with Crippen LogP contribution in [0.15, 0.2) is 42.5 Å². The molecule has 0 N–H and O–H groups in total. The minimum atomic E-state index is 0.0241. The van der Waals surface area contributed by atoms with Gasteiger partial charge in [0.15, 0.2) is 0 Å². The molecule has 0 radical (unpaired) electrons. The van der Waals surface area contributed by atoms with E-state index in [2.05, 4.69) is 24.5 Å². The number of amides is 1. The fraction of sp³-hybridized carbons (Fsp3) is 0.333. The minimum Gasteiger partial charge on any atom is -0.495 e. The molecule has 0 aliphatic carbocycles. The van der Waals surface area contributed by atoms with E-state index in [9.17, 15) is 4.79 Å². The van der Waals surface area contributed by atoms with E-state index in [1.165, 1.54) is 0 Å². The molecule has 2 heterocycles. The van der Waals surface area contributed by atoms with Gasteiger partial charge in [-0.05, 0) is 44.2 Å². The molecule has 3 aromatic rings. The molecule has 0 bridgehead atoms. The third kappa shape index (κ3) is 3.06. The van der Waals surface area contributed by atoms with Crippen molar-refractivity contribution in [3.63, 3.8) is 0 Å². The first kappa shape index (κ1) is 17.9. The number of nitrogens with zero attached hydrogens (tertiary/aromatic N) is 3. The third-order valence-corrected chi connectivity index (χ3v) is 5.30. The van der Waals surface area contributed by atoms with E-state index in [0.29, 0.717) is 29.4 Å². The summed E-state index contributed by atoms with van der Waals surface area (Å²) in [7, 11) is 1.60. The van der Waals surface area contributed by atoms with Crippen LogP contribution in [0.5, 0.6) is 5.75 Å². The number of aromatic nitrogens is 2. The average Bonchev–Trinajstić information content (AvgIpc) is 3.22. The van der Waals surface area contributed by atoms with Gasteiger partial charge in [0.05, 0.1) is 23.8 Å². The number of hydrogen-bond donors (Lipinski definition) is 0. The Morgan fingerprint density at radius 2 is 2.00 bits per heavy atom. The first-order valence-electron chi connectivity index (χ1n) is 9.10. The second-order valence-electron chi connectivity index (χ2n) is 7.14. The Morgan fingerprint density at radius 1 is 1.22 bits per heavy atom. The average molecular weight is 384 g/mol. The van der Waals surface area contributed by atoms with E-state index >= 15 is 0 Å². The number of rotatable bonds is 4. The molecule has 0 unspecified atom stereocenters. The number of carbonyl (C=O) groups is 1. The van der Waals surface area contributed by atoms with Crippen molar-refractivity contribution in [2.24, 2.45) is 0 Å². The lowest BCUT2D eigenvalue weighted by molar-refractivity contribution is -0.117. The van der Waals surface area contributed by atoms with E-state index in [4.69, 9.17) is 21.3 Å². The van der Waals surface area contributed by atoms with Crippen LogP contribution >= 0.6 is 11.6 Å². The van der Waals surface area contributed by atoms with Gasteiger partial charge in [-0.2, -0.15) is 0 Å². The van der Waals surface area contributed by atoms with Gasteiger partial charge in [-0.3, -0.25) is 4.79 Å². The van der Waals surface area contributed by atoms with Crippen LogP contribution in [0.2, 0.25) is 5.02 Å². The number of benzene rings is 2. The molecule has 4 rings (SSSR count). The topological polar surface area (TPSA) is 47.4 Å². The van der Waals surface area contributed by atoms with Gasteiger partial charge in [0.1, 0.15) is 11.6 Å². The van der Waals surface area contributed by atoms with Gasteiger partial charge in [-0.25, -0.2) is 4.98 Å². The van der Waals surface area contributed by atoms with Crippen molar-refractivity contribution in [3.05, 3.63) is 53.3 Å². The van der Waals surface area contributed by atoms with E-state index in [1.54, 1.807) is 30.2 Å². The molecule has 1 fully saturated rings. The summed E-state index contributed by atoms with van der Waals surface area (Å²) in [5.41, 5.74) is 2.78. The summed E-state index contributed by atoms with van der Waals surface area (Å²) in [6, 6.07) is 13.7. The van der Waals surface area contributed by atoms with Crippen molar-refractivity contribution in [2.45, 2.75) is 32.2 Å². The van der Waals surface area contributed by atoms with Gasteiger partial charge in [-0.15, -0.1) is 0 Å². The molecule has 1 atom stereocenters. The Morgan fingerprint density at radius 3 is 2.74 bits per heavy atom. The highest BCUT2D eigenvalue weighted by Gasteiger charge is 2.36. The van der Waals surface area contributed by atoms with Crippen molar-refractivity contribution in [3.8, 4) is 5.75 Å². The minimum absolute atomic E-state index is 0.0241. The quantitative estimate of drug-likeness (QED) is 0.650. The number of methoxy groups -OCH3 is 1. The number of anilines is 1. The van der Waals surface area contributed by atoms with Crippen LogP contribution in [0.25, 0.3) is 11.0 Å². The number of para-hydroxylation sites is 2. The molecule has 27 heavy (non-hydrogen) atoms. The Balaban J connectivity index is 1.74. The molecule has 1 aliphatic rings. The molecule has 1 aliphatic heterocycles. The Kier molecular flexibility index (Phi) is 4.56. The highest BCUT2D eigenvalue weighted by Crippen LogP contribution is 2.39. The van der Waals surface area contributed by atoms with Gasteiger partial charge in [0.2, 0.25) is 5.91 Å². The van der Waals surface area contributed by atoms with E-state index in [1.807, 2.05) is 18.2 Å². The lowest BCUT2D eigenvalue weighted by atomic mass is 10.1. The van der Waals surface area contributed by atoms with Gasteiger partial charge >= 0.3 is 0 Å². The molecule has 1 saturated heterocycles. The van der Waals surface area contributed by atoms with Crippen LogP contribution in [0.3, 0.4) is 0 Å². The van der Waals surface area contributed by atoms with Gasteiger partial charge < -0.3 is 14.2 Å². The highest BCUT2D eigenvalue weighted by molar-refractivity contribution is 6.31. The van der Waals surface area contributed by atoms with Crippen LogP contribution in [-0.4, -0.2) is 29.1 Å². The molecule has 2 aromatic carbocycles. The van der Waals surface area contributed by atoms with Crippen LogP contribution in [0.1, 0.15) is 38.1 Å². The Labute approximate surface area is 163 Å². The summed E-state index contributed by atoms with van der Waals surface area (Å²) in [4.78, 5) is 19.5. The zero-order valence-corrected chi connectivity index (χ0v) is 16.4. The first-order valence-corrected chi connectivity index (χ1v) is 9.48. The number of carbonyl (C=O) groups excluding carboxylic acids is 1. The summed E-state index contributed by atoms with van der Waals surface area (Å²) < 4.78 is 7.68. The summed E-state index contributed by atoms with van der Waals surface area (Å²) in [5.74, 6) is 1.69. The fourth-order valence-electron chi connectivity index (χ4n) is 3.88. The SMILES string of the molecule is COc1ccc(Cl)cc1N1C[C@@H](c2nc3ccccc3n2C(C)C)CC1=O. The molecule has 140 valence electrons. The second-order valence-corrected chi connectivity index (χ2v) is 7.58. The van der Waals surface area contributed by atoms with Crippen molar-refractivity contribution < 1.29 is 9.53 Å². The predicted molar refractivity (Wildman–Crippen MR) is 108 cm³/mol. The summed E-state index contributed by atoms with van der Waals surface area (Å²) in [6.45, 7) is 4.85. The highest BCUT2D eigenvalue weighted by atomic mass is 35.5. The fourth-order valence-corrected chi connectivity index (χ4v) is 4.05. The largest absolute Gasteiger partial charge is 0.495 e. The van der Waals surface area contributed by atoms with Crippen LogP contribution in [-0.2, 0) is 4.79 Å². The van der Waals surface area contributed by atoms with Crippen LogP contribution < -0.4 is 9.64 Å². The standard InChI is InChI=1S/C21H22ClN3O2/c1-13(2)25-17-7-5-4-6-16(17)23-21(25)14-10-20(26)24(12-14)18-11-15(22)8-9-19(18)27-3/h4-9,11,13-14H,10,12H2,1-3H3/t14-/m0/s1. The van der Waals surface area contributed by atoms with Gasteiger partial charge in [-0.1, -0.05) is 23.7 Å². The van der Waals surface area contributed by atoms with Crippen LogP contribution in [0.4, 0.5) is 5.69 Å². The maximum absolute atomic E-state index is 12.8. The summed E-state index contributed by atoms with van der Waals surface area (Å²) in [6.07, 6.45) is 0.422. The second kappa shape index (κ2) is 6.89. The molecular weight excluding hydrogens is 362 g/mol. The van der Waals surface area contributed by atoms with Crippen molar-refractivity contribution in [2.75, 3.05) is 18.6 Å². The van der Waals surface area contributed by atoms with Crippen molar-refractivity contribution in [1.82, 2.24) is 9.55 Å². The lowest BCUT2D eigenvalue weighted by Gasteiger charge is -2.20. The molecular formula is C21H22ClN3O2. The Hall–Kier alpha value is -2.53. The van der Waals surface area contributed by atoms with E-state index < -0.39 is 0 Å². The third-order valence-electron chi connectivity index (χ3n) is 5.06. The van der Waals surface area contributed by atoms with Crippen molar-refractivity contribution >= 4 is 34.2 Å². The predicted octanol–water partition coefficient (Wildman–Crippen LogP) is 4.80. The van der Waals surface area contributed by atoms with Crippen LogP contribution in [0, 0.1) is 0 Å². The van der Waals surface area contributed by atoms with Crippen molar-refractivity contribution in [1.29, 1.82) is 0 Å². The molecule has 0 spiro atoms. The maximum atomic E-state index is 12.8. The molecule has 1 aromatic heterocycles. The van der Waals surface area contributed by atoms with E-state index in [0.717, 1.165) is 16.9 Å². The summed E-state index contributed by atoms with van der Waals surface area (Å²) >= 11 is 6.16. The van der Waals surface area contributed by atoms with Gasteiger partial charge in [0.25, 0.3) is 0 Å². The zero-order valence-electron chi connectivity index (χ0n) is 15.6. The van der Waals surface area contributed by atoms with Gasteiger partial charge in [0, 0.05) is 29.9 Å². The number of fused-ring (bicyclic) bond motifs is 1. The Bertz CT molecular complexity index is 1010. The first-order chi connectivity index (χ1) is 13.0. The molecule has 1 amide bonds. The molecule has 5 nitrogen and oxygen atoms in total. The normalized spacial score (nSPS) is 17.3. The maximum Gasteiger partial charge on any atom is 0.227 e.